The number of rotatable bonds is 2. The number of nitrogens with one attached hydrogen (secondary N) is 1. The Hall–Kier alpha value is -1.56. The smallest absolute Gasteiger partial charge is 0.318 e. The molecule has 5 nitrogen and oxygen atoms in total. The van der Waals surface area contributed by atoms with E-state index < -0.39 is 11.9 Å². The zero-order chi connectivity index (χ0) is 15.0. The van der Waals surface area contributed by atoms with Gasteiger partial charge < -0.3 is 15.3 Å². The maximum atomic E-state index is 12.4. The molecule has 0 saturated carbocycles. The molecular formula is C15H20N2O3S. The van der Waals surface area contributed by atoms with Crippen molar-refractivity contribution in [1.29, 1.82) is 0 Å². The molecule has 1 aliphatic heterocycles. The highest BCUT2D eigenvalue weighted by atomic mass is 32.1. The summed E-state index contributed by atoms with van der Waals surface area (Å²) in [5.41, 5.74) is 1.24. The molecule has 3 rings (SSSR count). The van der Waals surface area contributed by atoms with Gasteiger partial charge in [-0.2, -0.15) is 0 Å². The van der Waals surface area contributed by atoms with E-state index in [-0.39, 0.29) is 18.1 Å². The number of aryl methyl sites for hydroxylation is 1. The molecule has 0 spiro atoms. The number of nitrogens with zero attached hydrogens (tertiary/aromatic N) is 1. The molecule has 0 aromatic carbocycles. The fourth-order valence-corrected chi connectivity index (χ4v) is 4.41. The van der Waals surface area contributed by atoms with Crippen LogP contribution in [0.25, 0.3) is 0 Å². The normalized spacial score (nSPS) is 28.2. The minimum absolute atomic E-state index is 0.0728. The molecule has 6 heteroatoms. The van der Waals surface area contributed by atoms with E-state index in [2.05, 4.69) is 16.8 Å². The monoisotopic (exact) mass is 308 g/mol. The van der Waals surface area contributed by atoms with Crippen LogP contribution in [0.1, 0.15) is 42.7 Å². The van der Waals surface area contributed by atoms with Gasteiger partial charge in [-0.1, -0.05) is 0 Å². The maximum Gasteiger partial charge on any atom is 0.318 e. The van der Waals surface area contributed by atoms with Gasteiger partial charge in [0.1, 0.15) is 0 Å². The molecule has 2 aliphatic rings. The van der Waals surface area contributed by atoms with Gasteiger partial charge in [-0.05, 0) is 49.6 Å². The molecule has 1 aromatic heterocycles. The van der Waals surface area contributed by atoms with E-state index in [0.717, 1.165) is 19.3 Å². The van der Waals surface area contributed by atoms with E-state index in [1.165, 1.54) is 10.4 Å². The Morgan fingerprint density at radius 2 is 2.24 bits per heavy atom. The van der Waals surface area contributed by atoms with Gasteiger partial charge in [-0.15, -0.1) is 11.3 Å². The van der Waals surface area contributed by atoms with Gasteiger partial charge in [-0.25, -0.2) is 4.79 Å². The van der Waals surface area contributed by atoms with Crippen LogP contribution in [-0.2, 0) is 11.2 Å². The van der Waals surface area contributed by atoms with E-state index in [1.807, 2.05) is 6.92 Å². The zero-order valence-corrected chi connectivity index (χ0v) is 12.9. The van der Waals surface area contributed by atoms with Gasteiger partial charge >= 0.3 is 12.0 Å². The lowest BCUT2D eigenvalue weighted by Crippen LogP contribution is -2.45. The van der Waals surface area contributed by atoms with Crippen molar-refractivity contribution in [3.05, 3.63) is 21.9 Å². The highest BCUT2D eigenvalue weighted by Gasteiger charge is 2.38. The number of urea groups is 1. The summed E-state index contributed by atoms with van der Waals surface area (Å²) in [6.07, 6.45) is 3.69. The Bertz CT molecular complexity index is 557. The van der Waals surface area contributed by atoms with Crippen LogP contribution < -0.4 is 5.32 Å². The average Bonchev–Trinajstić information content (AvgIpc) is 3.05. The third-order valence-electron chi connectivity index (χ3n) is 4.68. The quantitative estimate of drug-likeness (QED) is 0.882. The summed E-state index contributed by atoms with van der Waals surface area (Å²) in [7, 11) is 0. The Labute approximate surface area is 128 Å². The molecule has 2 N–H and O–H groups in total. The number of carbonyl (C=O) groups is 2. The third kappa shape index (κ3) is 2.64. The second-order valence-electron chi connectivity index (χ2n) is 5.86. The Morgan fingerprint density at radius 1 is 1.43 bits per heavy atom. The van der Waals surface area contributed by atoms with Crippen molar-refractivity contribution in [2.45, 2.75) is 44.7 Å². The summed E-state index contributed by atoms with van der Waals surface area (Å²) in [6, 6.07) is 1.80. The Balaban J connectivity index is 1.67. The fourth-order valence-electron chi connectivity index (χ4n) is 3.42. The van der Waals surface area contributed by atoms with Gasteiger partial charge in [-0.3, -0.25) is 4.79 Å². The van der Waals surface area contributed by atoms with Gasteiger partial charge in [0.05, 0.1) is 12.0 Å². The molecule has 3 atom stereocenters. The number of thiophene rings is 1. The van der Waals surface area contributed by atoms with Crippen LogP contribution in [0, 0.1) is 5.92 Å². The average molecular weight is 308 g/mol. The molecular weight excluding hydrogens is 288 g/mol. The van der Waals surface area contributed by atoms with E-state index in [4.69, 9.17) is 5.11 Å². The molecule has 3 unspecified atom stereocenters. The van der Waals surface area contributed by atoms with Gasteiger partial charge in [0.15, 0.2) is 0 Å². The summed E-state index contributed by atoms with van der Waals surface area (Å²) in [5.74, 6) is -1.26. The van der Waals surface area contributed by atoms with Crippen molar-refractivity contribution < 1.29 is 14.7 Å². The van der Waals surface area contributed by atoms with Crippen molar-refractivity contribution in [1.82, 2.24) is 10.2 Å². The lowest BCUT2D eigenvalue weighted by molar-refractivity contribution is -0.142. The van der Waals surface area contributed by atoms with Gasteiger partial charge in [0.2, 0.25) is 0 Å². The van der Waals surface area contributed by atoms with Crippen molar-refractivity contribution in [2.24, 2.45) is 5.92 Å². The van der Waals surface area contributed by atoms with E-state index in [9.17, 15) is 9.59 Å². The van der Waals surface area contributed by atoms with Crippen LogP contribution in [0.5, 0.6) is 0 Å². The number of carboxylic acid groups (broad SMARTS) is 1. The Kier molecular flexibility index (Phi) is 3.89. The molecule has 1 aromatic rings. The Morgan fingerprint density at radius 3 is 2.95 bits per heavy atom. The van der Waals surface area contributed by atoms with Crippen molar-refractivity contribution >= 4 is 23.3 Å². The lowest BCUT2D eigenvalue weighted by Gasteiger charge is -2.29. The first-order chi connectivity index (χ1) is 10.1. The second-order valence-corrected chi connectivity index (χ2v) is 6.86. The highest BCUT2D eigenvalue weighted by molar-refractivity contribution is 7.10. The largest absolute Gasteiger partial charge is 0.481 e. The number of likely N-dealkylation sites (tertiary alicyclic amines) is 1. The molecule has 2 heterocycles. The summed E-state index contributed by atoms with van der Waals surface area (Å²) in [6.45, 7) is 2.34. The van der Waals surface area contributed by atoms with Crippen LogP contribution in [0.3, 0.4) is 0 Å². The van der Waals surface area contributed by atoms with E-state index >= 15 is 0 Å². The number of carbonyl (C=O) groups excluding carboxylic acids is 1. The summed E-state index contributed by atoms with van der Waals surface area (Å²) in [5, 5.41) is 14.3. The SMILES string of the molecule is CC1C(C(=O)O)CCN1C(=O)NC1CCCc2sccc21. The molecule has 1 saturated heterocycles. The van der Waals surface area contributed by atoms with Crippen LogP contribution in [0.15, 0.2) is 11.4 Å². The van der Waals surface area contributed by atoms with Crippen LogP contribution in [-0.4, -0.2) is 34.6 Å². The number of carboxylic acids is 1. The maximum absolute atomic E-state index is 12.4. The van der Waals surface area contributed by atoms with Crippen LogP contribution >= 0.6 is 11.3 Å². The van der Waals surface area contributed by atoms with Crippen molar-refractivity contribution in [2.75, 3.05) is 6.54 Å². The van der Waals surface area contributed by atoms with Crippen molar-refractivity contribution in [3.8, 4) is 0 Å². The first-order valence-electron chi connectivity index (χ1n) is 7.44. The first kappa shape index (κ1) is 14.4. The minimum Gasteiger partial charge on any atom is -0.481 e. The first-order valence-corrected chi connectivity index (χ1v) is 8.32. The number of fused-ring (bicyclic) bond motifs is 1. The predicted octanol–water partition coefficient (Wildman–Crippen LogP) is 2.63. The topological polar surface area (TPSA) is 69.6 Å². The van der Waals surface area contributed by atoms with Crippen molar-refractivity contribution in [3.63, 3.8) is 0 Å². The molecule has 1 aliphatic carbocycles. The van der Waals surface area contributed by atoms with Gasteiger partial charge in [0.25, 0.3) is 0 Å². The standard InChI is InChI=1S/C15H20N2O3S/c1-9-10(14(18)19)5-7-17(9)15(20)16-12-3-2-4-13-11(12)6-8-21-13/h6,8-10,12H,2-5,7H2,1H3,(H,16,20)(H,18,19). The molecule has 114 valence electrons. The molecule has 2 amide bonds. The number of hydrogen-bond acceptors (Lipinski definition) is 3. The molecule has 0 radical (unpaired) electrons. The number of aliphatic carboxylic acids is 1. The summed E-state index contributed by atoms with van der Waals surface area (Å²) >= 11 is 1.75. The van der Waals surface area contributed by atoms with Gasteiger partial charge in [0, 0.05) is 17.5 Å². The molecule has 1 fully saturated rings. The predicted molar refractivity (Wildman–Crippen MR) is 80.4 cm³/mol. The summed E-state index contributed by atoms with van der Waals surface area (Å²) in [4.78, 5) is 26.6. The lowest BCUT2D eigenvalue weighted by atomic mass is 9.94. The zero-order valence-electron chi connectivity index (χ0n) is 12.0. The summed E-state index contributed by atoms with van der Waals surface area (Å²) < 4.78 is 0. The number of amides is 2. The molecule has 0 bridgehead atoms. The van der Waals surface area contributed by atoms with Crippen LogP contribution in [0.4, 0.5) is 4.79 Å². The fraction of sp³-hybridized carbons (Fsp3) is 0.600. The third-order valence-corrected chi connectivity index (χ3v) is 5.68. The minimum atomic E-state index is -0.810. The van der Waals surface area contributed by atoms with Crippen LogP contribution in [0.2, 0.25) is 0 Å². The molecule has 21 heavy (non-hydrogen) atoms. The van der Waals surface area contributed by atoms with E-state index in [1.54, 1.807) is 16.2 Å². The van der Waals surface area contributed by atoms with E-state index in [0.29, 0.717) is 13.0 Å². The second kappa shape index (κ2) is 5.67. The highest BCUT2D eigenvalue weighted by Crippen LogP contribution is 2.34. The number of hydrogen-bond donors (Lipinski definition) is 2.